The summed E-state index contributed by atoms with van der Waals surface area (Å²) in [4.78, 5) is 10.8. The van der Waals surface area contributed by atoms with Crippen LogP contribution in [0.4, 0.5) is 0 Å². The Bertz CT molecular complexity index is 261. The third kappa shape index (κ3) is 19.3. The molecule has 7 heteroatoms. The maximum atomic E-state index is 10.8. The number of rotatable bonds is 19. The molecule has 0 heterocycles. The third-order valence-corrected chi connectivity index (χ3v) is 3.08. The summed E-state index contributed by atoms with van der Waals surface area (Å²) >= 11 is 0. The molecule has 0 aromatic carbocycles. The fraction of sp³-hybridized carbons (Fsp3) is 0.941. The van der Waals surface area contributed by atoms with Gasteiger partial charge >= 0.3 is 5.97 Å². The van der Waals surface area contributed by atoms with Crippen LogP contribution in [0.25, 0.3) is 0 Å². The quantitative estimate of drug-likeness (QED) is 0.260. The van der Waals surface area contributed by atoms with Gasteiger partial charge in [-0.05, 0) is 6.42 Å². The number of methoxy groups -OCH3 is 1. The smallest absolute Gasteiger partial charge is 0.331 e. The molecule has 0 fully saturated rings. The van der Waals surface area contributed by atoms with Crippen molar-refractivity contribution in [2.45, 2.75) is 32.6 Å². The van der Waals surface area contributed by atoms with Crippen molar-refractivity contribution in [1.29, 1.82) is 0 Å². The highest BCUT2D eigenvalue weighted by atomic mass is 16.6. The predicted octanol–water partition coefficient (Wildman–Crippen LogP) is 1.82. The maximum absolute atomic E-state index is 10.8. The first-order chi connectivity index (χ1) is 11.8. The molecule has 0 atom stereocenters. The number of unbranched alkanes of at least 4 members (excludes halogenated alkanes) is 3. The van der Waals surface area contributed by atoms with Crippen LogP contribution in [0.2, 0.25) is 0 Å². The van der Waals surface area contributed by atoms with E-state index in [1.165, 1.54) is 26.4 Å². The zero-order valence-electron chi connectivity index (χ0n) is 15.3. The monoisotopic (exact) mass is 350 g/mol. The molecule has 0 spiro atoms. The fourth-order valence-corrected chi connectivity index (χ4v) is 1.72. The molecule has 0 aromatic heterocycles. The number of esters is 1. The van der Waals surface area contributed by atoms with Crippen molar-refractivity contribution in [3.8, 4) is 0 Å². The molecule has 24 heavy (non-hydrogen) atoms. The molecule has 0 unspecified atom stereocenters. The highest BCUT2D eigenvalue weighted by Crippen LogP contribution is 1.98. The zero-order valence-corrected chi connectivity index (χ0v) is 15.3. The van der Waals surface area contributed by atoms with Crippen molar-refractivity contribution < 1.29 is 33.2 Å². The first-order valence-electron chi connectivity index (χ1n) is 8.76. The van der Waals surface area contributed by atoms with Gasteiger partial charge in [-0.2, -0.15) is 0 Å². The van der Waals surface area contributed by atoms with Crippen LogP contribution in [0.5, 0.6) is 0 Å². The van der Waals surface area contributed by atoms with E-state index >= 15 is 0 Å². The Morgan fingerprint density at radius 3 is 1.54 bits per heavy atom. The number of ether oxygens (including phenoxy) is 6. The largest absolute Gasteiger partial charge is 0.467 e. The molecule has 0 amide bonds. The van der Waals surface area contributed by atoms with Gasteiger partial charge in [-0.3, -0.25) is 0 Å². The first kappa shape index (κ1) is 23.3. The Morgan fingerprint density at radius 2 is 1.08 bits per heavy atom. The lowest BCUT2D eigenvalue weighted by atomic mass is 10.2. The lowest BCUT2D eigenvalue weighted by Gasteiger charge is -2.07. The van der Waals surface area contributed by atoms with Crippen LogP contribution in [0.15, 0.2) is 0 Å². The van der Waals surface area contributed by atoms with Crippen LogP contribution in [-0.4, -0.2) is 79.1 Å². The second kappa shape index (κ2) is 20.3. The fourth-order valence-electron chi connectivity index (χ4n) is 1.72. The molecule has 0 aliphatic heterocycles. The van der Waals surface area contributed by atoms with Gasteiger partial charge in [0.1, 0.15) is 6.61 Å². The molecule has 144 valence electrons. The van der Waals surface area contributed by atoms with Gasteiger partial charge in [0.25, 0.3) is 0 Å². The van der Waals surface area contributed by atoms with Gasteiger partial charge in [0.2, 0.25) is 0 Å². The molecule has 0 aliphatic rings. The van der Waals surface area contributed by atoms with E-state index in [0.717, 1.165) is 13.0 Å². The molecule has 0 saturated carbocycles. The Morgan fingerprint density at radius 1 is 0.625 bits per heavy atom. The van der Waals surface area contributed by atoms with Crippen molar-refractivity contribution in [3.63, 3.8) is 0 Å². The van der Waals surface area contributed by atoms with E-state index in [1.807, 2.05) is 0 Å². The van der Waals surface area contributed by atoms with E-state index in [9.17, 15) is 4.79 Å². The van der Waals surface area contributed by atoms with E-state index in [0.29, 0.717) is 52.9 Å². The average molecular weight is 350 g/mol. The first-order valence-corrected chi connectivity index (χ1v) is 8.76. The molecular formula is C17H34O7. The Hall–Kier alpha value is -0.730. The number of carbonyl (C=O) groups excluding carboxylic acids is 1. The molecule has 0 N–H and O–H groups in total. The van der Waals surface area contributed by atoms with Crippen LogP contribution in [0.1, 0.15) is 32.6 Å². The average Bonchev–Trinajstić information content (AvgIpc) is 2.60. The minimum atomic E-state index is -0.389. The predicted molar refractivity (Wildman–Crippen MR) is 90.3 cm³/mol. The summed E-state index contributed by atoms with van der Waals surface area (Å²) in [6.07, 6.45) is 4.90. The molecule has 7 nitrogen and oxygen atoms in total. The molecule has 0 radical (unpaired) electrons. The van der Waals surface area contributed by atoms with Crippen molar-refractivity contribution in [2.75, 3.05) is 73.2 Å². The second-order valence-electron chi connectivity index (χ2n) is 5.14. The SMILES string of the molecule is CCCCCCOCCOCCOCCOCCOCC(=O)OC. The summed E-state index contributed by atoms with van der Waals surface area (Å²) < 4.78 is 31.0. The molecule has 0 saturated heterocycles. The number of carbonyl (C=O) groups is 1. The van der Waals surface area contributed by atoms with E-state index in [4.69, 9.17) is 23.7 Å². The molecule has 0 aliphatic carbocycles. The number of hydrogen-bond donors (Lipinski definition) is 0. The highest BCUT2D eigenvalue weighted by Gasteiger charge is 1.98. The summed E-state index contributed by atoms with van der Waals surface area (Å²) in [5.41, 5.74) is 0. The summed E-state index contributed by atoms with van der Waals surface area (Å²) in [6, 6.07) is 0. The van der Waals surface area contributed by atoms with Crippen LogP contribution >= 0.6 is 0 Å². The van der Waals surface area contributed by atoms with Gasteiger partial charge in [0.15, 0.2) is 0 Å². The lowest BCUT2D eigenvalue weighted by Crippen LogP contribution is -2.15. The molecule has 0 bridgehead atoms. The molecule has 0 rings (SSSR count). The standard InChI is InChI=1S/C17H34O7/c1-3-4-5-6-7-20-8-9-21-10-11-22-12-13-23-14-15-24-16-17(18)19-2/h3-16H2,1-2H3. The highest BCUT2D eigenvalue weighted by molar-refractivity contribution is 5.70. The minimum Gasteiger partial charge on any atom is -0.467 e. The Labute approximate surface area is 145 Å². The van der Waals surface area contributed by atoms with E-state index < -0.39 is 0 Å². The van der Waals surface area contributed by atoms with Gasteiger partial charge < -0.3 is 28.4 Å². The Kier molecular flexibility index (Phi) is 19.7. The van der Waals surface area contributed by atoms with Crippen molar-refractivity contribution in [1.82, 2.24) is 0 Å². The minimum absolute atomic E-state index is 0.0455. The van der Waals surface area contributed by atoms with Gasteiger partial charge in [0.05, 0.1) is 60.0 Å². The van der Waals surface area contributed by atoms with Gasteiger partial charge in [-0.1, -0.05) is 26.2 Å². The van der Waals surface area contributed by atoms with Gasteiger partial charge in [-0.25, -0.2) is 4.79 Å². The summed E-state index contributed by atoms with van der Waals surface area (Å²) in [7, 11) is 1.32. The normalized spacial score (nSPS) is 10.9. The summed E-state index contributed by atoms with van der Waals surface area (Å²) in [5.74, 6) is -0.389. The summed E-state index contributed by atoms with van der Waals surface area (Å²) in [5, 5.41) is 0. The number of hydrogen-bond acceptors (Lipinski definition) is 7. The van der Waals surface area contributed by atoms with Gasteiger partial charge in [-0.15, -0.1) is 0 Å². The summed E-state index contributed by atoms with van der Waals surface area (Å²) in [6.45, 7) is 7.09. The topological polar surface area (TPSA) is 72.5 Å². The van der Waals surface area contributed by atoms with E-state index in [2.05, 4.69) is 11.7 Å². The van der Waals surface area contributed by atoms with Crippen molar-refractivity contribution >= 4 is 5.97 Å². The molecule has 0 aromatic rings. The third-order valence-electron chi connectivity index (χ3n) is 3.08. The maximum Gasteiger partial charge on any atom is 0.331 e. The van der Waals surface area contributed by atoms with Crippen LogP contribution in [0.3, 0.4) is 0 Å². The van der Waals surface area contributed by atoms with Crippen LogP contribution < -0.4 is 0 Å². The van der Waals surface area contributed by atoms with Crippen molar-refractivity contribution in [2.24, 2.45) is 0 Å². The van der Waals surface area contributed by atoms with E-state index in [-0.39, 0.29) is 12.6 Å². The van der Waals surface area contributed by atoms with Crippen LogP contribution in [-0.2, 0) is 33.2 Å². The lowest BCUT2D eigenvalue weighted by molar-refractivity contribution is -0.146. The van der Waals surface area contributed by atoms with Crippen LogP contribution in [0, 0.1) is 0 Å². The van der Waals surface area contributed by atoms with Gasteiger partial charge in [0, 0.05) is 6.61 Å². The second-order valence-corrected chi connectivity index (χ2v) is 5.14. The Balaban J connectivity index is 2.99. The van der Waals surface area contributed by atoms with E-state index in [1.54, 1.807) is 0 Å². The molecular weight excluding hydrogens is 316 g/mol. The zero-order chi connectivity index (χ0) is 17.7. The van der Waals surface area contributed by atoms with Crippen molar-refractivity contribution in [3.05, 3.63) is 0 Å².